The molecule has 2 heterocycles. The highest BCUT2D eigenvalue weighted by atomic mass is 32.2. The first-order valence-electron chi connectivity index (χ1n) is 7.67. The summed E-state index contributed by atoms with van der Waals surface area (Å²) in [6, 6.07) is 8.68. The molecule has 8 heteroatoms. The highest BCUT2D eigenvalue weighted by molar-refractivity contribution is 7.86. The zero-order valence-electron chi connectivity index (χ0n) is 14.4. The average molecular weight is 380 g/mol. The van der Waals surface area contributed by atoms with Gasteiger partial charge in [-0.3, -0.25) is 14.0 Å². The highest BCUT2D eigenvalue weighted by Gasteiger charge is 2.10. The standard InChI is InChI=1S/C15H13N3O3S2.C2H6.H2/c1-16-14(19)12-7-10(5-6-17-12)21-9-3-4-11-13(8-9)22-15(18-11)23(2)20;1-2;/h3-8H,1-2H3,(H,16,19);1-2H3;1H. The number of benzene rings is 1. The summed E-state index contributed by atoms with van der Waals surface area (Å²) in [5.74, 6) is 0.855. The molecule has 0 fully saturated rings. The van der Waals surface area contributed by atoms with Crippen LogP contribution in [0, 0.1) is 0 Å². The fourth-order valence-corrected chi connectivity index (χ4v) is 3.62. The molecule has 1 N–H and O–H groups in total. The maximum atomic E-state index is 11.6. The normalized spacial score (nSPS) is 11.4. The number of thiazole rings is 1. The van der Waals surface area contributed by atoms with Crippen LogP contribution in [0.4, 0.5) is 0 Å². The Balaban J connectivity index is 0.00000109. The molecular weight excluding hydrogens is 358 g/mol. The molecule has 25 heavy (non-hydrogen) atoms. The summed E-state index contributed by atoms with van der Waals surface area (Å²) in [6.07, 6.45) is 3.12. The van der Waals surface area contributed by atoms with Crippen molar-refractivity contribution in [1.29, 1.82) is 0 Å². The maximum Gasteiger partial charge on any atom is 0.269 e. The summed E-state index contributed by atoms with van der Waals surface area (Å²) >= 11 is 1.37. The van der Waals surface area contributed by atoms with Gasteiger partial charge in [-0.1, -0.05) is 13.8 Å². The maximum absolute atomic E-state index is 11.6. The van der Waals surface area contributed by atoms with Gasteiger partial charge in [0.2, 0.25) is 0 Å². The van der Waals surface area contributed by atoms with Gasteiger partial charge in [0.05, 0.1) is 21.0 Å². The second kappa shape index (κ2) is 8.68. The van der Waals surface area contributed by atoms with Crippen molar-refractivity contribution < 1.29 is 15.2 Å². The number of hydrogen-bond acceptors (Lipinski definition) is 6. The average Bonchev–Trinajstić information content (AvgIpc) is 3.06. The predicted molar refractivity (Wildman–Crippen MR) is 103 cm³/mol. The van der Waals surface area contributed by atoms with E-state index in [1.165, 1.54) is 17.5 Å². The zero-order valence-corrected chi connectivity index (χ0v) is 16.0. The van der Waals surface area contributed by atoms with Crippen LogP contribution >= 0.6 is 11.3 Å². The van der Waals surface area contributed by atoms with Gasteiger partial charge in [-0.05, 0) is 18.2 Å². The first-order valence-corrected chi connectivity index (χ1v) is 10.0. The van der Waals surface area contributed by atoms with Gasteiger partial charge < -0.3 is 10.1 Å². The topological polar surface area (TPSA) is 81.2 Å². The van der Waals surface area contributed by atoms with Crippen molar-refractivity contribution in [2.75, 3.05) is 13.3 Å². The number of rotatable bonds is 4. The van der Waals surface area contributed by atoms with Crippen molar-refractivity contribution >= 4 is 38.3 Å². The van der Waals surface area contributed by atoms with Gasteiger partial charge in [0.15, 0.2) is 4.34 Å². The monoisotopic (exact) mass is 379 g/mol. The molecule has 0 saturated carbocycles. The summed E-state index contributed by atoms with van der Waals surface area (Å²) < 4.78 is 18.8. The summed E-state index contributed by atoms with van der Waals surface area (Å²) in [5, 5.41) is 2.52. The Hall–Kier alpha value is -2.32. The Morgan fingerprint density at radius 2 is 1.96 bits per heavy atom. The van der Waals surface area contributed by atoms with Crippen LogP contribution < -0.4 is 10.1 Å². The number of carbonyl (C=O) groups is 1. The predicted octanol–water partition coefficient (Wildman–Crippen LogP) is 3.85. The minimum Gasteiger partial charge on any atom is -0.457 e. The van der Waals surface area contributed by atoms with Gasteiger partial charge in [-0.25, -0.2) is 4.98 Å². The van der Waals surface area contributed by atoms with Gasteiger partial charge in [-0.2, -0.15) is 0 Å². The molecule has 1 aromatic carbocycles. The molecule has 0 spiro atoms. The minimum atomic E-state index is -1.10. The van der Waals surface area contributed by atoms with Crippen LogP contribution in [-0.2, 0) is 10.8 Å². The lowest BCUT2D eigenvalue weighted by Gasteiger charge is -2.06. The lowest BCUT2D eigenvalue weighted by atomic mass is 10.3. The fraction of sp³-hybridized carbons (Fsp3) is 0.235. The lowest BCUT2D eigenvalue weighted by molar-refractivity contribution is 0.0958. The Labute approximate surface area is 154 Å². The van der Waals surface area contributed by atoms with Gasteiger partial charge >= 0.3 is 0 Å². The van der Waals surface area contributed by atoms with Gasteiger partial charge in [0.25, 0.3) is 5.91 Å². The van der Waals surface area contributed by atoms with E-state index < -0.39 is 10.8 Å². The van der Waals surface area contributed by atoms with E-state index >= 15 is 0 Å². The van der Waals surface area contributed by atoms with Crippen LogP contribution in [0.5, 0.6) is 11.5 Å². The second-order valence-electron chi connectivity index (χ2n) is 4.62. The van der Waals surface area contributed by atoms with Crippen molar-refractivity contribution in [3.8, 4) is 11.5 Å². The van der Waals surface area contributed by atoms with Gasteiger partial charge in [0.1, 0.15) is 17.2 Å². The number of ether oxygens (including phenoxy) is 1. The van der Waals surface area contributed by atoms with E-state index in [1.807, 2.05) is 26.0 Å². The Morgan fingerprint density at radius 1 is 1.24 bits per heavy atom. The van der Waals surface area contributed by atoms with Crippen molar-refractivity contribution in [1.82, 2.24) is 15.3 Å². The van der Waals surface area contributed by atoms with Crippen molar-refractivity contribution in [2.24, 2.45) is 0 Å². The summed E-state index contributed by atoms with van der Waals surface area (Å²) in [5.41, 5.74) is 1.07. The molecular formula is C17H21N3O3S2. The molecule has 1 atom stereocenters. The quantitative estimate of drug-likeness (QED) is 0.744. The Bertz CT molecular complexity index is 915. The third kappa shape index (κ3) is 4.61. The Kier molecular flexibility index (Phi) is 6.60. The highest BCUT2D eigenvalue weighted by Crippen LogP contribution is 2.30. The van der Waals surface area contributed by atoms with E-state index in [0.717, 1.165) is 10.2 Å². The van der Waals surface area contributed by atoms with Crippen LogP contribution in [0.25, 0.3) is 10.2 Å². The summed E-state index contributed by atoms with van der Waals surface area (Å²) in [4.78, 5) is 19.9. The molecule has 6 nitrogen and oxygen atoms in total. The first kappa shape index (κ1) is 19.0. The molecule has 3 rings (SSSR count). The molecule has 3 aromatic rings. The SMILES string of the molecule is CC.CNC(=O)c1cc(Oc2ccc3nc(S(C)=O)sc3c2)ccn1.[HH]. The van der Waals surface area contributed by atoms with Crippen molar-refractivity contribution in [2.45, 2.75) is 18.2 Å². The van der Waals surface area contributed by atoms with Crippen LogP contribution in [0.3, 0.4) is 0 Å². The van der Waals surface area contributed by atoms with Crippen LogP contribution in [0.15, 0.2) is 40.9 Å². The number of fused-ring (bicyclic) bond motifs is 1. The zero-order chi connectivity index (χ0) is 18.4. The fourth-order valence-electron chi connectivity index (χ4n) is 1.93. The van der Waals surface area contributed by atoms with E-state index in [1.54, 1.807) is 31.5 Å². The number of pyridine rings is 1. The first-order chi connectivity index (χ1) is 12.1. The van der Waals surface area contributed by atoms with E-state index in [9.17, 15) is 9.00 Å². The summed E-state index contributed by atoms with van der Waals surface area (Å²) in [6.45, 7) is 4.00. The number of nitrogens with zero attached hydrogens (tertiary/aromatic N) is 2. The molecule has 0 radical (unpaired) electrons. The van der Waals surface area contributed by atoms with E-state index in [4.69, 9.17) is 4.74 Å². The second-order valence-corrected chi connectivity index (χ2v) is 7.21. The molecule has 0 aliphatic rings. The number of hydrogen-bond donors (Lipinski definition) is 1. The van der Waals surface area contributed by atoms with Gasteiger partial charge in [0, 0.05) is 33.1 Å². The molecule has 0 bridgehead atoms. The number of nitrogens with one attached hydrogen (secondary N) is 1. The van der Waals surface area contributed by atoms with E-state index in [-0.39, 0.29) is 13.0 Å². The Morgan fingerprint density at radius 3 is 2.64 bits per heavy atom. The number of amides is 1. The van der Waals surface area contributed by atoms with Crippen LogP contribution in [0.2, 0.25) is 0 Å². The molecule has 1 amide bonds. The molecule has 0 aliphatic carbocycles. The van der Waals surface area contributed by atoms with E-state index in [0.29, 0.717) is 15.8 Å². The molecule has 2 aromatic heterocycles. The van der Waals surface area contributed by atoms with E-state index in [2.05, 4.69) is 15.3 Å². The van der Waals surface area contributed by atoms with Crippen molar-refractivity contribution in [3.63, 3.8) is 0 Å². The smallest absolute Gasteiger partial charge is 0.269 e. The third-order valence-electron chi connectivity index (χ3n) is 3.01. The number of carbonyl (C=O) groups excluding carboxylic acids is 1. The van der Waals surface area contributed by atoms with Crippen LogP contribution in [-0.4, -0.2) is 33.4 Å². The largest absolute Gasteiger partial charge is 0.457 e. The van der Waals surface area contributed by atoms with Crippen molar-refractivity contribution in [3.05, 3.63) is 42.2 Å². The van der Waals surface area contributed by atoms with Crippen LogP contribution in [0.1, 0.15) is 25.8 Å². The molecule has 134 valence electrons. The minimum absolute atomic E-state index is 0. The number of aromatic nitrogens is 2. The lowest BCUT2D eigenvalue weighted by Crippen LogP contribution is -2.18. The molecule has 1 unspecified atom stereocenters. The summed E-state index contributed by atoms with van der Waals surface area (Å²) in [7, 11) is 0.444. The van der Waals surface area contributed by atoms with Gasteiger partial charge in [-0.15, -0.1) is 11.3 Å². The third-order valence-corrected chi connectivity index (χ3v) is 5.36. The molecule has 0 aliphatic heterocycles. The molecule has 0 saturated heterocycles.